The SMILES string of the molecule is CCOc1ccc(C(C)CC(O)C(N)CC)c(CC)c1. The van der Waals surface area contributed by atoms with Crippen molar-refractivity contribution in [1.82, 2.24) is 0 Å². The topological polar surface area (TPSA) is 55.5 Å². The van der Waals surface area contributed by atoms with Gasteiger partial charge in [0.2, 0.25) is 0 Å². The van der Waals surface area contributed by atoms with E-state index in [0.717, 1.165) is 18.6 Å². The Morgan fingerprint density at radius 3 is 2.50 bits per heavy atom. The summed E-state index contributed by atoms with van der Waals surface area (Å²) in [5.74, 6) is 1.22. The van der Waals surface area contributed by atoms with Crippen LogP contribution in [0.1, 0.15) is 57.6 Å². The fourth-order valence-electron chi connectivity index (χ4n) is 2.56. The van der Waals surface area contributed by atoms with Crippen molar-refractivity contribution in [2.24, 2.45) is 5.73 Å². The van der Waals surface area contributed by atoms with Gasteiger partial charge in [-0.05, 0) is 55.4 Å². The van der Waals surface area contributed by atoms with Gasteiger partial charge >= 0.3 is 0 Å². The van der Waals surface area contributed by atoms with Crippen LogP contribution in [0, 0.1) is 0 Å². The van der Waals surface area contributed by atoms with Crippen LogP contribution in [0.15, 0.2) is 18.2 Å². The van der Waals surface area contributed by atoms with E-state index in [2.05, 4.69) is 26.0 Å². The van der Waals surface area contributed by atoms with Gasteiger partial charge in [0.1, 0.15) is 5.75 Å². The summed E-state index contributed by atoms with van der Waals surface area (Å²) >= 11 is 0. The maximum atomic E-state index is 10.1. The maximum Gasteiger partial charge on any atom is 0.119 e. The Morgan fingerprint density at radius 2 is 1.95 bits per heavy atom. The van der Waals surface area contributed by atoms with Gasteiger partial charge in [0.15, 0.2) is 0 Å². The van der Waals surface area contributed by atoms with E-state index >= 15 is 0 Å². The third-order valence-electron chi connectivity index (χ3n) is 3.90. The maximum absolute atomic E-state index is 10.1. The highest BCUT2D eigenvalue weighted by atomic mass is 16.5. The Bertz CT molecular complexity index is 406. The number of nitrogens with two attached hydrogens (primary N) is 1. The van der Waals surface area contributed by atoms with E-state index in [4.69, 9.17) is 10.5 Å². The van der Waals surface area contributed by atoms with Gasteiger partial charge in [-0.3, -0.25) is 0 Å². The molecule has 1 aromatic carbocycles. The third-order valence-corrected chi connectivity index (χ3v) is 3.90. The van der Waals surface area contributed by atoms with E-state index < -0.39 is 6.10 Å². The van der Waals surface area contributed by atoms with Gasteiger partial charge in [-0.25, -0.2) is 0 Å². The molecule has 0 fully saturated rings. The summed E-state index contributed by atoms with van der Waals surface area (Å²) in [6, 6.07) is 6.12. The van der Waals surface area contributed by atoms with Crippen LogP contribution < -0.4 is 10.5 Å². The van der Waals surface area contributed by atoms with Crippen molar-refractivity contribution in [3.8, 4) is 5.75 Å². The second-order valence-corrected chi connectivity index (χ2v) is 5.42. The van der Waals surface area contributed by atoms with Crippen molar-refractivity contribution >= 4 is 0 Å². The quantitative estimate of drug-likeness (QED) is 0.768. The van der Waals surface area contributed by atoms with Gasteiger partial charge in [-0.1, -0.05) is 26.8 Å². The van der Waals surface area contributed by atoms with Gasteiger partial charge in [0.25, 0.3) is 0 Å². The molecule has 0 amide bonds. The van der Waals surface area contributed by atoms with Crippen LogP contribution in [0.25, 0.3) is 0 Å². The van der Waals surface area contributed by atoms with E-state index in [9.17, 15) is 5.11 Å². The minimum absolute atomic E-state index is 0.134. The first-order chi connectivity index (χ1) is 9.53. The van der Waals surface area contributed by atoms with Crippen LogP contribution >= 0.6 is 0 Å². The Labute approximate surface area is 123 Å². The molecule has 3 atom stereocenters. The van der Waals surface area contributed by atoms with Crippen LogP contribution in [0.2, 0.25) is 0 Å². The Kier molecular flexibility index (Phi) is 7.03. The predicted octanol–water partition coefficient (Wildman–Crippen LogP) is 3.24. The lowest BCUT2D eigenvalue weighted by Gasteiger charge is -2.23. The summed E-state index contributed by atoms with van der Waals surface area (Å²) in [4.78, 5) is 0. The van der Waals surface area contributed by atoms with Gasteiger partial charge in [0, 0.05) is 6.04 Å². The van der Waals surface area contributed by atoms with Crippen molar-refractivity contribution in [2.75, 3.05) is 6.61 Å². The molecule has 0 aliphatic rings. The molecular formula is C17H29NO2. The zero-order valence-corrected chi connectivity index (χ0v) is 13.2. The minimum Gasteiger partial charge on any atom is -0.494 e. The lowest BCUT2D eigenvalue weighted by atomic mass is 9.88. The van der Waals surface area contributed by atoms with Crippen LogP contribution in [0.3, 0.4) is 0 Å². The molecule has 0 heterocycles. The minimum atomic E-state index is -0.439. The Hall–Kier alpha value is -1.06. The molecule has 3 nitrogen and oxygen atoms in total. The zero-order valence-electron chi connectivity index (χ0n) is 13.2. The molecule has 0 aromatic heterocycles. The first-order valence-electron chi connectivity index (χ1n) is 7.72. The molecule has 0 saturated heterocycles. The van der Waals surface area contributed by atoms with Crippen LogP contribution in [0.5, 0.6) is 5.75 Å². The molecule has 0 aliphatic heterocycles. The summed E-state index contributed by atoms with van der Waals surface area (Å²) < 4.78 is 5.55. The number of aliphatic hydroxyl groups is 1. The molecule has 0 spiro atoms. The summed E-state index contributed by atoms with van der Waals surface area (Å²) in [5.41, 5.74) is 8.49. The molecule has 20 heavy (non-hydrogen) atoms. The number of hydrogen-bond acceptors (Lipinski definition) is 3. The fraction of sp³-hybridized carbons (Fsp3) is 0.647. The second kappa shape index (κ2) is 8.28. The highest BCUT2D eigenvalue weighted by Crippen LogP contribution is 2.28. The van der Waals surface area contributed by atoms with Gasteiger partial charge in [0.05, 0.1) is 12.7 Å². The molecule has 1 rings (SSSR count). The van der Waals surface area contributed by atoms with Crippen molar-refractivity contribution in [2.45, 2.75) is 65.0 Å². The van der Waals surface area contributed by atoms with E-state index in [0.29, 0.717) is 18.9 Å². The predicted molar refractivity (Wildman–Crippen MR) is 84.3 cm³/mol. The van der Waals surface area contributed by atoms with Crippen LogP contribution in [-0.4, -0.2) is 23.9 Å². The lowest BCUT2D eigenvalue weighted by molar-refractivity contribution is 0.126. The molecule has 0 saturated carbocycles. The van der Waals surface area contributed by atoms with Gasteiger partial charge in [-0.2, -0.15) is 0 Å². The third kappa shape index (κ3) is 4.50. The number of aliphatic hydroxyl groups excluding tert-OH is 1. The molecule has 0 aliphatic carbocycles. The number of hydrogen-bond donors (Lipinski definition) is 2. The summed E-state index contributed by atoms with van der Waals surface area (Å²) in [7, 11) is 0. The number of rotatable bonds is 8. The van der Waals surface area contributed by atoms with E-state index in [1.807, 2.05) is 19.9 Å². The average molecular weight is 279 g/mol. The smallest absolute Gasteiger partial charge is 0.119 e. The largest absolute Gasteiger partial charge is 0.494 e. The molecular weight excluding hydrogens is 250 g/mol. The normalized spacial score (nSPS) is 15.7. The standard InChI is InChI=1S/C17H29NO2/c1-5-13-11-14(20-7-3)8-9-15(13)12(4)10-17(19)16(18)6-2/h8-9,11-12,16-17,19H,5-7,10,18H2,1-4H3. The molecule has 114 valence electrons. The van der Waals surface area contributed by atoms with Crippen molar-refractivity contribution in [1.29, 1.82) is 0 Å². The van der Waals surface area contributed by atoms with E-state index in [-0.39, 0.29) is 6.04 Å². The number of benzene rings is 1. The van der Waals surface area contributed by atoms with Gasteiger partial charge in [-0.15, -0.1) is 0 Å². The Balaban J connectivity index is 2.83. The second-order valence-electron chi connectivity index (χ2n) is 5.42. The van der Waals surface area contributed by atoms with Crippen molar-refractivity contribution in [3.63, 3.8) is 0 Å². The van der Waals surface area contributed by atoms with E-state index in [1.54, 1.807) is 0 Å². The highest BCUT2D eigenvalue weighted by Gasteiger charge is 2.19. The zero-order chi connectivity index (χ0) is 15.1. The molecule has 3 heteroatoms. The lowest BCUT2D eigenvalue weighted by Crippen LogP contribution is -2.34. The molecule has 3 N–H and O–H groups in total. The van der Waals surface area contributed by atoms with Crippen molar-refractivity contribution in [3.05, 3.63) is 29.3 Å². The van der Waals surface area contributed by atoms with Gasteiger partial charge < -0.3 is 15.6 Å². The molecule has 3 unspecified atom stereocenters. The monoisotopic (exact) mass is 279 g/mol. The van der Waals surface area contributed by atoms with Crippen molar-refractivity contribution < 1.29 is 9.84 Å². The molecule has 0 radical (unpaired) electrons. The number of aryl methyl sites for hydroxylation is 1. The molecule has 0 bridgehead atoms. The molecule has 1 aromatic rings. The van der Waals surface area contributed by atoms with E-state index in [1.165, 1.54) is 11.1 Å². The number of ether oxygens (including phenoxy) is 1. The summed E-state index contributed by atoms with van der Waals surface area (Å²) in [6.45, 7) is 8.98. The highest BCUT2D eigenvalue weighted by molar-refractivity contribution is 5.37. The first-order valence-corrected chi connectivity index (χ1v) is 7.72. The average Bonchev–Trinajstić information content (AvgIpc) is 2.46. The van der Waals surface area contributed by atoms with Crippen LogP contribution in [0.4, 0.5) is 0 Å². The first kappa shape index (κ1) is 17.0. The summed E-state index contributed by atoms with van der Waals surface area (Å²) in [5, 5.41) is 10.1. The fourth-order valence-corrected chi connectivity index (χ4v) is 2.56. The van der Waals surface area contributed by atoms with Crippen LogP contribution in [-0.2, 0) is 6.42 Å². The Morgan fingerprint density at radius 1 is 1.25 bits per heavy atom. The summed E-state index contributed by atoms with van der Waals surface area (Å²) in [6.07, 6.45) is 2.04.